The van der Waals surface area contributed by atoms with E-state index in [1.54, 1.807) is 19.1 Å². The molecule has 0 radical (unpaired) electrons. The van der Waals surface area contributed by atoms with Gasteiger partial charge in [-0.05, 0) is 31.4 Å². The van der Waals surface area contributed by atoms with E-state index in [1.807, 2.05) is 39.0 Å². The predicted octanol–water partition coefficient (Wildman–Crippen LogP) is 1.35. The van der Waals surface area contributed by atoms with Crippen LogP contribution in [0.4, 0.5) is 5.69 Å². The molecular formula is C19H30N4O3. The van der Waals surface area contributed by atoms with Crippen molar-refractivity contribution in [3.8, 4) is 0 Å². The van der Waals surface area contributed by atoms with Crippen LogP contribution in [0.2, 0.25) is 0 Å². The number of nitrogens with one attached hydrogen (secondary N) is 2. The lowest BCUT2D eigenvalue weighted by Crippen LogP contribution is -2.51. The number of para-hydroxylation sites is 1. The lowest BCUT2D eigenvalue weighted by molar-refractivity contribution is -0.138. The van der Waals surface area contributed by atoms with Crippen LogP contribution in [-0.2, 0) is 14.4 Å². The monoisotopic (exact) mass is 362 g/mol. The maximum Gasteiger partial charge on any atom is 0.246 e. The van der Waals surface area contributed by atoms with Crippen LogP contribution in [0.15, 0.2) is 30.3 Å². The van der Waals surface area contributed by atoms with Gasteiger partial charge in [0.1, 0.15) is 6.04 Å². The quantitative estimate of drug-likeness (QED) is 0.617. The Kier molecular flexibility index (Phi) is 8.78. The first-order valence-corrected chi connectivity index (χ1v) is 8.96. The Morgan fingerprint density at radius 1 is 1.08 bits per heavy atom. The van der Waals surface area contributed by atoms with Gasteiger partial charge >= 0.3 is 0 Å². The van der Waals surface area contributed by atoms with Crippen molar-refractivity contribution in [1.82, 2.24) is 10.2 Å². The molecule has 0 spiro atoms. The van der Waals surface area contributed by atoms with E-state index in [9.17, 15) is 14.4 Å². The molecule has 1 aromatic carbocycles. The van der Waals surface area contributed by atoms with Crippen molar-refractivity contribution in [3.63, 3.8) is 0 Å². The predicted molar refractivity (Wildman–Crippen MR) is 102 cm³/mol. The van der Waals surface area contributed by atoms with Crippen LogP contribution in [0.1, 0.15) is 34.1 Å². The highest BCUT2D eigenvalue weighted by molar-refractivity contribution is 5.97. The van der Waals surface area contributed by atoms with Crippen molar-refractivity contribution >= 4 is 23.4 Å². The molecule has 4 N–H and O–H groups in total. The maximum absolute atomic E-state index is 12.5. The molecule has 0 aliphatic rings. The number of nitrogens with two attached hydrogens (primary N) is 1. The topological polar surface area (TPSA) is 105 Å². The van der Waals surface area contributed by atoms with E-state index in [-0.39, 0.29) is 30.2 Å². The SMILES string of the molecule is CCCN(C(=O)CNC(=O)[C@@H](N)C(C)C)C(C)C(=O)Nc1ccccc1. The molecule has 7 heteroatoms. The van der Waals surface area contributed by atoms with E-state index in [0.717, 1.165) is 0 Å². The van der Waals surface area contributed by atoms with Crippen molar-refractivity contribution in [1.29, 1.82) is 0 Å². The lowest BCUT2D eigenvalue weighted by atomic mass is 10.1. The molecule has 0 saturated heterocycles. The van der Waals surface area contributed by atoms with Gasteiger partial charge in [0, 0.05) is 12.2 Å². The Balaban J connectivity index is 2.69. The summed E-state index contributed by atoms with van der Waals surface area (Å²) in [6, 6.07) is 7.75. The molecule has 144 valence electrons. The molecule has 3 amide bonds. The fraction of sp³-hybridized carbons (Fsp3) is 0.526. The summed E-state index contributed by atoms with van der Waals surface area (Å²) in [7, 11) is 0. The summed E-state index contributed by atoms with van der Waals surface area (Å²) in [5, 5.41) is 5.35. The third kappa shape index (κ3) is 6.48. The minimum absolute atomic E-state index is 0.0209. The number of carbonyl (C=O) groups is 3. The fourth-order valence-corrected chi connectivity index (χ4v) is 2.37. The largest absolute Gasteiger partial charge is 0.346 e. The van der Waals surface area contributed by atoms with Crippen LogP contribution < -0.4 is 16.4 Å². The standard InChI is InChI=1S/C19H30N4O3/c1-5-11-23(16(24)12-21-19(26)17(20)13(2)3)14(4)18(25)22-15-9-7-6-8-10-15/h6-10,13-14,17H,5,11-12,20H2,1-4H3,(H,21,26)(H,22,25)/t14?,17-/m0/s1. The lowest BCUT2D eigenvalue weighted by Gasteiger charge is -2.28. The number of nitrogens with zero attached hydrogens (tertiary/aromatic N) is 1. The number of rotatable bonds is 9. The highest BCUT2D eigenvalue weighted by Crippen LogP contribution is 2.09. The first-order chi connectivity index (χ1) is 12.3. The summed E-state index contributed by atoms with van der Waals surface area (Å²) in [4.78, 5) is 38.4. The van der Waals surface area contributed by atoms with Gasteiger partial charge < -0.3 is 21.3 Å². The Labute approximate surface area is 155 Å². The summed E-state index contributed by atoms with van der Waals surface area (Å²) in [6.45, 7) is 7.52. The molecule has 0 bridgehead atoms. The number of hydrogen-bond donors (Lipinski definition) is 3. The molecule has 0 aliphatic carbocycles. The van der Waals surface area contributed by atoms with Crippen LogP contribution >= 0.6 is 0 Å². The average molecular weight is 362 g/mol. The zero-order valence-corrected chi connectivity index (χ0v) is 16.0. The highest BCUT2D eigenvalue weighted by atomic mass is 16.2. The number of carbonyl (C=O) groups excluding carboxylic acids is 3. The molecule has 0 heterocycles. The third-order valence-corrected chi connectivity index (χ3v) is 4.11. The first kappa shape index (κ1) is 21.6. The number of anilines is 1. The van der Waals surface area contributed by atoms with Gasteiger partial charge in [-0.3, -0.25) is 14.4 Å². The Morgan fingerprint density at radius 2 is 1.69 bits per heavy atom. The van der Waals surface area contributed by atoms with Crippen molar-refractivity contribution in [2.24, 2.45) is 11.7 Å². The zero-order chi connectivity index (χ0) is 19.7. The molecule has 7 nitrogen and oxygen atoms in total. The van der Waals surface area contributed by atoms with Crippen molar-refractivity contribution in [2.75, 3.05) is 18.4 Å². The molecular weight excluding hydrogens is 332 g/mol. The normalized spacial score (nSPS) is 13.0. The molecule has 1 unspecified atom stereocenters. The minimum atomic E-state index is -0.666. The van der Waals surface area contributed by atoms with E-state index in [1.165, 1.54) is 4.90 Å². The fourth-order valence-electron chi connectivity index (χ4n) is 2.37. The smallest absolute Gasteiger partial charge is 0.246 e. The van der Waals surface area contributed by atoms with Crippen LogP contribution in [0.3, 0.4) is 0 Å². The summed E-state index contributed by atoms with van der Waals surface area (Å²) in [5.74, 6) is -0.978. The second-order valence-corrected chi connectivity index (χ2v) is 6.61. The molecule has 1 aromatic rings. The third-order valence-electron chi connectivity index (χ3n) is 4.11. The van der Waals surface area contributed by atoms with Gasteiger partial charge in [0.25, 0.3) is 0 Å². The summed E-state index contributed by atoms with van der Waals surface area (Å²) in [6.07, 6.45) is 0.703. The van der Waals surface area contributed by atoms with Crippen LogP contribution in [0.25, 0.3) is 0 Å². The van der Waals surface area contributed by atoms with Crippen molar-refractivity contribution in [3.05, 3.63) is 30.3 Å². The van der Waals surface area contributed by atoms with E-state index < -0.39 is 12.1 Å². The van der Waals surface area contributed by atoms with Crippen molar-refractivity contribution < 1.29 is 14.4 Å². The first-order valence-electron chi connectivity index (χ1n) is 8.96. The Bertz CT molecular complexity index is 604. The van der Waals surface area contributed by atoms with E-state index in [0.29, 0.717) is 18.7 Å². The van der Waals surface area contributed by atoms with E-state index in [2.05, 4.69) is 10.6 Å². The molecule has 1 rings (SSSR count). The zero-order valence-electron chi connectivity index (χ0n) is 16.0. The Morgan fingerprint density at radius 3 is 2.23 bits per heavy atom. The van der Waals surface area contributed by atoms with Crippen LogP contribution in [0, 0.1) is 5.92 Å². The second kappa shape index (κ2) is 10.6. The number of amides is 3. The molecule has 0 fully saturated rings. The van der Waals surface area contributed by atoms with Gasteiger partial charge in [0.2, 0.25) is 17.7 Å². The average Bonchev–Trinajstić information content (AvgIpc) is 2.63. The van der Waals surface area contributed by atoms with Crippen LogP contribution in [-0.4, -0.2) is 47.8 Å². The Hall–Kier alpha value is -2.41. The van der Waals surface area contributed by atoms with Gasteiger partial charge in [-0.25, -0.2) is 0 Å². The van der Waals surface area contributed by atoms with Crippen LogP contribution in [0.5, 0.6) is 0 Å². The molecule has 0 aliphatic heterocycles. The summed E-state index contributed by atoms with van der Waals surface area (Å²) in [5.41, 5.74) is 6.44. The van der Waals surface area contributed by atoms with Gasteiger partial charge in [-0.1, -0.05) is 39.0 Å². The van der Waals surface area contributed by atoms with E-state index in [4.69, 9.17) is 5.73 Å². The van der Waals surface area contributed by atoms with Crippen molar-refractivity contribution in [2.45, 2.75) is 46.2 Å². The molecule has 0 aromatic heterocycles. The number of benzene rings is 1. The maximum atomic E-state index is 12.5. The molecule has 26 heavy (non-hydrogen) atoms. The van der Waals surface area contributed by atoms with Gasteiger partial charge in [-0.2, -0.15) is 0 Å². The number of hydrogen-bond acceptors (Lipinski definition) is 4. The van der Waals surface area contributed by atoms with Gasteiger partial charge in [-0.15, -0.1) is 0 Å². The summed E-state index contributed by atoms with van der Waals surface area (Å²) < 4.78 is 0. The highest BCUT2D eigenvalue weighted by Gasteiger charge is 2.26. The van der Waals surface area contributed by atoms with E-state index >= 15 is 0 Å². The van der Waals surface area contributed by atoms with Gasteiger partial charge in [0.15, 0.2) is 0 Å². The molecule has 2 atom stereocenters. The second-order valence-electron chi connectivity index (χ2n) is 6.61. The van der Waals surface area contributed by atoms with Gasteiger partial charge in [0.05, 0.1) is 12.6 Å². The summed E-state index contributed by atoms with van der Waals surface area (Å²) >= 11 is 0. The molecule has 0 saturated carbocycles. The minimum Gasteiger partial charge on any atom is -0.346 e.